The molecule has 1 heterocycles. The molecule has 17 heavy (non-hydrogen) atoms. The number of nitrogens with zero attached hydrogens (tertiary/aromatic N) is 1. The Balaban J connectivity index is 2.57. The first-order valence-electron chi connectivity index (χ1n) is 6.44. The van der Waals surface area contributed by atoms with E-state index in [9.17, 15) is 9.59 Å². The SMILES string of the molecule is CCC(C)CC(=O)N1CC(C)CC(C(=O)O)C1. The topological polar surface area (TPSA) is 57.6 Å². The zero-order valence-electron chi connectivity index (χ0n) is 11.0. The standard InChI is InChI=1S/C13H23NO3/c1-4-9(2)6-12(15)14-7-10(3)5-11(8-14)13(16)17/h9-11H,4-8H2,1-3H3,(H,16,17). The summed E-state index contributed by atoms with van der Waals surface area (Å²) >= 11 is 0. The summed E-state index contributed by atoms with van der Waals surface area (Å²) in [6.07, 6.45) is 2.20. The van der Waals surface area contributed by atoms with Gasteiger partial charge in [-0.1, -0.05) is 27.2 Å². The lowest BCUT2D eigenvalue weighted by Gasteiger charge is -2.35. The van der Waals surface area contributed by atoms with E-state index in [0.29, 0.717) is 31.8 Å². The van der Waals surface area contributed by atoms with Gasteiger partial charge in [-0.15, -0.1) is 0 Å². The van der Waals surface area contributed by atoms with Gasteiger partial charge in [0.15, 0.2) is 0 Å². The highest BCUT2D eigenvalue weighted by Crippen LogP contribution is 2.23. The predicted molar refractivity (Wildman–Crippen MR) is 65.6 cm³/mol. The molecule has 1 N–H and O–H groups in total. The van der Waals surface area contributed by atoms with E-state index in [2.05, 4.69) is 13.8 Å². The average molecular weight is 241 g/mol. The summed E-state index contributed by atoms with van der Waals surface area (Å²) in [6.45, 7) is 7.23. The first-order chi connectivity index (χ1) is 7.93. The van der Waals surface area contributed by atoms with E-state index < -0.39 is 5.97 Å². The first-order valence-corrected chi connectivity index (χ1v) is 6.44. The van der Waals surface area contributed by atoms with Crippen LogP contribution in [0.2, 0.25) is 0 Å². The van der Waals surface area contributed by atoms with Crippen LogP contribution in [0.5, 0.6) is 0 Å². The van der Waals surface area contributed by atoms with Crippen LogP contribution >= 0.6 is 0 Å². The van der Waals surface area contributed by atoms with Gasteiger partial charge in [0.1, 0.15) is 0 Å². The van der Waals surface area contributed by atoms with Gasteiger partial charge in [0.25, 0.3) is 0 Å². The van der Waals surface area contributed by atoms with Crippen molar-refractivity contribution in [3.63, 3.8) is 0 Å². The predicted octanol–water partition coefficient (Wildman–Crippen LogP) is 1.99. The van der Waals surface area contributed by atoms with E-state index >= 15 is 0 Å². The Morgan fingerprint density at radius 2 is 2.06 bits per heavy atom. The Morgan fingerprint density at radius 3 is 2.59 bits per heavy atom. The van der Waals surface area contributed by atoms with Gasteiger partial charge in [-0.25, -0.2) is 0 Å². The largest absolute Gasteiger partial charge is 0.481 e. The van der Waals surface area contributed by atoms with Crippen LogP contribution in [0.3, 0.4) is 0 Å². The van der Waals surface area contributed by atoms with Gasteiger partial charge < -0.3 is 10.0 Å². The second kappa shape index (κ2) is 6.03. The van der Waals surface area contributed by atoms with E-state index in [1.807, 2.05) is 6.92 Å². The third-order valence-electron chi connectivity index (χ3n) is 3.58. The van der Waals surface area contributed by atoms with Crippen LogP contribution < -0.4 is 0 Å². The van der Waals surface area contributed by atoms with E-state index in [1.165, 1.54) is 0 Å². The lowest BCUT2D eigenvalue weighted by Crippen LogP contribution is -2.45. The Kier molecular flexibility index (Phi) is 4.97. The highest BCUT2D eigenvalue weighted by molar-refractivity contribution is 5.78. The Labute approximate surface area is 103 Å². The molecular weight excluding hydrogens is 218 g/mol. The molecule has 0 aromatic rings. The molecular formula is C13H23NO3. The Bertz CT molecular complexity index is 290. The third-order valence-corrected chi connectivity index (χ3v) is 3.58. The van der Waals surface area contributed by atoms with Gasteiger partial charge in [-0.3, -0.25) is 9.59 Å². The van der Waals surface area contributed by atoms with Gasteiger partial charge in [-0.05, 0) is 18.3 Å². The molecule has 0 aromatic heterocycles. The Morgan fingerprint density at radius 1 is 1.41 bits per heavy atom. The molecule has 1 fully saturated rings. The number of hydrogen-bond acceptors (Lipinski definition) is 2. The van der Waals surface area contributed by atoms with Crippen LogP contribution in [0.4, 0.5) is 0 Å². The summed E-state index contributed by atoms with van der Waals surface area (Å²) in [5.74, 6) is -0.400. The average Bonchev–Trinajstić information content (AvgIpc) is 2.27. The number of carbonyl (C=O) groups is 2. The molecule has 1 rings (SSSR count). The Hall–Kier alpha value is -1.06. The lowest BCUT2D eigenvalue weighted by molar-refractivity contribution is -0.147. The number of carboxylic acid groups (broad SMARTS) is 1. The molecule has 0 bridgehead atoms. The molecule has 4 heteroatoms. The number of carboxylic acids is 1. The van der Waals surface area contributed by atoms with Crippen LogP contribution in [0.1, 0.15) is 40.0 Å². The fraction of sp³-hybridized carbons (Fsp3) is 0.846. The van der Waals surface area contributed by atoms with Crippen molar-refractivity contribution < 1.29 is 14.7 Å². The summed E-state index contributed by atoms with van der Waals surface area (Å²) in [5, 5.41) is 9.05. The second-order valence-corrected chi connectivity index (χ2v) is 5.39. The number of rotatable bonds is 4. The molecule has 0 aromatic carbocycles. The van der Waals surface area contributed by atoms with Crippen molar-refractivity contribution in [2.24, 2.45) is 17.8 Å². The molecule has 1 aliphatic heterocycles. The zero-order chi connectivity index (χ0) is 13.0. The minimum Gasteiger partial charge on any atom is -0.481 e. The van der Waals surface area contributed by atoms with Crippen LogP contribution in [0.25, 0.3) is 0 Å². The smallest absolute Gasteiger partial charge is 0.308 e. The van der Waals surface area contributed by atoms with Crippen molar-refractivity contribution in [2.75, 3.05) is 13.1 Å². The van der Waals surface area contributed by atoms with Crippen LogP contribution in [0, 0.1) is 17.8 Å². The summed E-state index contributed by atoms with van der Waals surface area (Å²) in [4.78, 5) is 24.8. The monoisotopic (exact) mass is 241 g/mol. The molecule has 1 aliphatic rings. The molecule has 1 amide bonds. The van der Waals surface area contributed by atoms with Crippen LogP contribution in [0.15, 0.2) is 0 Å². The fourth-order valence-corrected chi connectivity index (χ4v) is 2.31. The molecule has 1 saturated heterocycles. The van der Waals surface area contributed by atoms with E-state index in [1.54, 1.807) is 4.90 Å². The maximum Gasteiger partial charge on any atom is 0.308 e. The van der Waals surface area contributed by atoms with Crippen molar-refractivity contribution in [3.8, 4) is 0 Å². The van der Waals surface area contributed by atoms with Crippen molar-refractivity contribution in [1.82, 2.24) is 4.90 Å². The lowest BCUT2D eigenvalue weighted by atomic mass is 9.90. The van der Waals surface area contributed by atoms with Gasteiger partial charge in [0.05, 0.1) is 5.92 Å². The summed E-state index contributed by atoms with van der Waals surface area (Å²) < 4.78 is 0. The minimum absolute atomic E-state index is 0.108. The molecule has 0 saturated carbocycles. The molecule has 0 radical (unpaired) electrons. The number of hydrogen-bond donors (Lipinski definition) is 1. The third kappa shape index (κ3) is 4.02. The highest BCUT2D eigenvalue weighted by atomic mass is 16.4. The van der Waals surface area contributed by atoms with Crippen LogP contribution in [-0.2, 0) is 9.59 Å². The van der Waals surface area contributed by atoms with E-state index in [0.717, 1.165) is 6.42 Å². The van der Waals surface area contributed by atoms with Gasteiger partial charge in [0.2, 0.25) is 5.91 Å². The summed E-state index contributed by atoms with van der Waals surface area (Å²) in [7, 11) is 0. The number of carbonyl (C=O) groups excluding carboxylic acids is 1. The van der Waals surface area contributed by atoms with Crippen molar-refractivity contribution in [2.45, 2.75) is 40.0 Å². The maximum absolute atomic E-state index is 12.0. The van der Waals surface area contributed by atoms with Crippen LogP contribution in [-0.4, -0.2) is 35.0 Å². The van der Waals surface area contributed by atoms with Gasteiger partial charge in [0, 0.05) is 19.5 Å². The fourth-order valence-electron chi connectivity index (χ4n) is 2.31. The van der Waals surface area contributed by atoms with Crippen molar-refractivity contribution >= 4 is 11.9 Å². The van der Waals surface area contributed by atoms with E-state index in [4.69, 9.17) is 5.11 Å². The van der Waals surface area contributed by atoms with E-state index in [-0.39, 0.29) is 17.7 Å². The molecule has 3 unspecified atom stereocenters. The van der Waals surface area contributed by atoms with Crippen molar-refractivity contribution in [1.29, 1.82) is 0 Å². The quantitative estimate of drug-likeness (QED) is 0.819. The maximum atomic E-state index is 12.0. The number of piperidine rings is 1. The minimum atomic E-state index is -0.780. The van der Waals surface area contributed by atoms with Gasteiger partial charge in [-0.2, -0.15) is 0 Å². The summed E-state index contributed by atoms with van der Waals surface area (Å²) in [5.41, 5.74) is 0. The molecule has 0 spiro atoms. The first kappa shape index (κ1) is 14.0. The number of aliphatic carboxylic acids is 1. The highest BCUT2D eigenvalue weighted by Gasteiger charge is 2.31. The molecule has 4 nitrogen and oxygen atoms in total. The zero-order valence-corrected chi connectivity index (χ0v) is 11.0. The normalized spacial score (nSPS) is 26.6. The van der Waals surface area contributed by atoms with Crippen molar-refractivity contribution in [3.05, 3.63) is 0 Å². The number of amides is 1. The molecule has 3 atom stereocenters. The molecule has 0 aliphatic carbocycles. The molecule has 98 valence electrons. The number of likely N-dealkylation sites (tertiary alicyclic amines) is 1. The van der Waals surface area contributed by atoms with Gasteiger partial charge >= 0.3 is 5.97 Å². The summed E-state index contributed by atoms with van der Waals surface area (Å²) in [6, 6.07) is 0. The second-order valence-electron chi connectivity index (χ2n) is 5.39.